The van der Waals surface area contributed by atoms with Crippen molar-refractivity contribution >= 4 is 31.9 Å². The van der Waals surface area contributed by atoms with Crippen LogP contribution in [0, 0.1) is 11.8 Å². The average molecular weight is 388 g/mol. The molecule has 0 saturated heterocycles. The molecule has 104 valence electrons. The maximum Gasteiger partial charge on any atom is 0.127 e. The zero-order valence-electron chi connectivity index (χ0n) is 11.3. The van der Waals surface area contributed by atoms with E-state index in [1.165, 1.54) is 41.3 Å². The summed E-state index contributed by atoms with van der Waals surface area (Å²) in [6, 6.07) is 4.44. The standard InChI is InChI=1S/C16H20Br2O/c1-10-2-4-11(5-3-10)15(18)14-9-13(17)8-12-6-7-19-16(12)14/h8-11,15H,2-7H2,1H3. The second kappa shape index (κ2) is 5.77. The van der Waals surface area contributed by atoms with E-state index in [1.807, 2.05) is 0 Å². The van der Waals surface area contributed by atoms with E-state index in [4.69, 9.17) is 4.74 Å². The highest BCUT2D eigenvalue weighted by atomic mass is 79.9. The minimum atomic E-state index is 0.435. The summed E-state index contributed by atoms with van der Waals surface area (Å²) in [5.41, 5.74) is 2.71. The number of alkyl halides is 1. The third-order valence-corrected chi connectivity index (χ3v) is 6.25. The van der Waals surface area contributed by atoms with Crippen molar-refractivity contribution in [3.8, 4) is 5.75 Å². The molecular weight excluding hydrogens is 368 g/mol. The number of hydrogen-bond acceptors (Lipinski definition) is 1. The minimum Gasteiger partial charge on any atom is -0.493 e. The zero-order chi connectivity index (χ0) is 13.4. The first kappa shape index (κ1) is 13.9. The second-order valence-electron chi connectivity index (χ2n) is 6.00. The smallest absolute Gasteiger partial charge is 0.127 e. The van der Waals surface area contributed by atoms with E-state index < -0.39 is 0 Å². The van der Waals surface area contributed by atoms with Gasteiger partial charge in [-0.3, -0.25) is 0 Å². The Balaban J connectivity index is 1.85. The van der Waals surface area contributed by atoms with E-state index >= 15 is 0 Å². The molecule has 0 spiro atoms. The van der Waals surface area contributed by atoms with Gasteiger partial charge in [-0.25, -0.2) is 0 Å². The number of hydrogen-bond donors (Lipinski definition) is 0. The lowest BCUT2D eigenvalue weighted by Crippen LogP contribution is -2.16. The quantitative estimate of drug-likeness (QED) is 0.596. The van der Waals surface area contributed by atoms with E-state index in [9.17, 15) is 0 Å². The van der Waals surface area contributed by atoms with Gasteiger partial charge in [-0.1, -0.05) is 51.6 Å². The van der Waals surface area contributed by atoms with Crippen molar-refractivity contribution < 1.29 is 4.74 Å². The predicted octanol–water partition coefficient (Wildman–Crippen LogP) is 5.65. The number of halogens is 2. The molecule has 19 heavy (non-hydrogen) atoms. The lowest BCUT2D eigenvalue weighted by Gasteiger charge is -2.30. The van der Waals surface area contributed by atoms with Gasteiger partial charge < -0.3 is 4.74 Å². The summed E-state index contributed by atoms with van der Waals surface area (Å²) in [5.74, 6) is 2.79. The molecule has 1 aromatic rings. The molecule has 0 N–H and O–H groups in total. The van der Waals surface area contributed by atoms with Crippen LogP contribution in [0.5, 0.6) is 5.75 Å². The van der Waals surface area contributed by atoms with Crippen LogP contribution in [0.2, 0.25) is 0 Å². The van der Waals surface area contributed by atoms with E-state index in [0.717, 1.165) is 30.6 Å². The van der Waals surface area contributed by atoms with Gasteiger partial charge in [0, 0.05) is 21.3 Å². The fraction of sp³-hybridized carbons (Fsp3) is 0.625. The van der Waals surface area contributed by atoms with Gasteiger partial charge in [0.2, 0.25) is 0 Å². The fourth-order valence-corrected chi connectivity index (χ4v) is 4.73. The fourth-order valence-electron chi connectivity index (χ4n) is 3.34. The molecule has 0 bridgehead atoms. The molecule has 1 unspecified atom stereocenters. The molecule has 1 nitrogen and oxygen atoms in total. The van der Waals surface area contributed by atoms with E-state index in [1.54, 1.807) is 0 Å². The molecule has 1 aliphatic carbocycles. The number of fused-ring (bicyclic) bond motifs is 1. The Kier molecular flexibility index (Phi) is 4.23. The van der Waals surface area contributed by atoms with Gasteiger partial charge in [0.1, 0.15) is 5.75 Å². The first-order valence-corrected chi connectivity index (χ1v) is 8.95. The Labute approximate surface area is 132 Å². The maximum atomic E-state index is 5.87. The Bertz CT molecular complexity index is 464. The Morgan fingerprint density at radius 1 is 1.21 bits per heavy atom. The summed E-state index contributed by atoms with van der Waals surface area (Å²) in [6.07, 6.45) is 6.44. The largest absolute Gasteiger partial charge is 0.493 e. The van der Waals surface area contributed by atoms with Gasteiger partial charge in [0.05, 0.1) is 6.61 Å². The van der Waals surface area contributed by atoms with Gasteiger partial charge in [-0.05, 0) is 42.4 Å². The zero-order valence-corrected chi connectivity index (χ0v) is 14.5. The Hall–Kier alpha value is -0.0200. The van der Waals surface area contributed by atoms with Gasteiger partial charge in [0.15, 0.2) is 0 Å². The number of rotatable bonds is 2. The molecular formula is C16H20Br2O. The van der Waals surface area contributed by atoms with Crippen molar-refractivity contribution in [1.29, 1.82) is 0 Å². The van der Waals surface area contributed by atoms with Crippen LogP contribution in [0.3, 0.4) is 0 Å². The highest BCUT2D eigenvalue weighted by Crippen LogP contribution is 2.47. The van der Waals surface area contributed by atoms with Crippen LogP contribution in [0.25, 0.3) is 0 Å². The third kappa shape index (κ3) is 2.87. The molecule has 1 heterocycles. The van der Waals surface area contributed by atoms with E-state index in [0.29, 0.717) is 4.83 Å². The average Bonchev–Trinajstić information content (AvgIpc) is 2.85. The molecule has 1 aliphatic heterocycles. The molecule has 0 amide bonds. The van der Waals surface area contributed by atoms with Crippen LogP contribution in [-0.2, 0) is 6.42 Å². The minimum absolute atomic E-state index is 0.435. The summed E-state index contributed by atoms with van der Waals surface area (Å²) in [5, 5.41) is 0. The van der Waals surface area contributed by atoms with Crippen molar-refractivity contribution in [2.75, 3.05) is 6.61 Å². The SMILES string of the molecule is CC1CCC(C(Br)c2cc(Br)cc3c2OCC3)CC1. The molecule has 0 radical (unpaired) electrons. The van der Waals surface area contributed by atoms with Gasteiger partial charge in [-0.15, -0.1) is 0 Å². The topological polar surface area (TPSA) is 9.23 Å². The molecule has 1 fully saturated rings. The third-order valence-electron chi connectivity index (χ3n) is 4.55. The van der Waals surface area contributed by atoms with Crippen molar-refractivity contribution in [2.24, 2.45) is 11.8 Å². The predicted molar refractivity (Wildman–Crippen MR) is 86.1 cm³/mol. The number of ether oxygens (including phenoxy) is 1. The lowest BCUT2D eigenvalue weighted by atomic mass is 9.80. The second-order valence-corrected chi connectivity index (χ2v) is 7.91. The van der Waals surface area contributed by atoms with Crippen molar-refractivity contribution in [1.82, 2.24) is 0 Å². The summed E-state index contributed by atoms with van der Waals surface area (Å²) >= 11 is 7.60. The molecule has 1 saturated carbocycles. The van der Waals surface area contributed by atoms with Crippen LogP contribution in [-0.4, -0.2) is 6.61 Å². The summed E-state index contributed by atoms with van der Waals surface area (Å²) < 4.78 is 7.05. The summed E-state index contributed by atoms with van der Waals surface area (Å²) in [4.78, 5) is 0.435. The van der Waals surface area contributed by atoms with Crippen molar-refractivity contribution in [3.63, 3.8) is 0 Å². The molecule has 2 aliphatic rings. The van der Waals surface area contributed by atoms with Crippen LogP contribution >= 0.6 is 31.9 Å². The Morgan fingerprint density at radius 2 is 1.95 bits per heavy atom. The van der Waals surface area contributed by atoms with Crippen molar-refractivity contribution in [3.05, 3.63) is 27.7 Å². The van der Waals surface area contributed by atoms with E-state index in [-0.39, 0.29) is 0 Å². The van der Waals surface area contributed by atoms with Crippen LogP contribution < -0.4 is 4.74 Å². The van der Waals surface area contributed by atoms with Crippen LogP contribution in [0.4, 0.5) is 0 Å². The molecule has 1 atom stereocenters. The molecule has 3 rings (SSSR count). The van der Waals surface area contributed by atoms with Gasteiger partial charge in [0.25, 0.3) is 0 Å². The first-order chi connectivity index (χ1) is 9.15. The van der Waals surface area contributed by atoms with E-state index in [2.05, 4.69) is 50.9 Å². The normalized spacial score (nSPS) is 27.7. The number of benzene rings is 1. The lowest BCUT2D eigenvalue weighted by molar-refractivity contribution is 0.283. The maximum absolute atomic E-state index is 5.87. The molecule has 3 heteroatoms. The Morgan fingerprint density at radius 3 is 2.68 bits per heavy atom. The van der Waals surface area contributed by atoms with Gasteiger partial charge in [-0.2, -0.15) is 0 Å². The van der Waals surface area contributed by atoms with Crippen LogP contribution in [0.1, 0.15) is 48.6 Å². The molecule has 0 aromatic heterocycles. The van der Waals surface area contributed by atoms with Crippen molar-refractivity contribution in [2.45, 2.75) is 43.9 Å². The molecule has 1 aromatic carbocycles. The monoisotopic (exact) mass is 386 g/mol. The first-order valence-electron chi connectivity index (χ1n) is 7.24. The van der Waals surface area contributed by atoms with Gasteiger partial charge >= 0.3 is 0 Å². The highest BCUT2D eigenvalue weighted by molar-refractivity contribution is 9.10. The highest BCUT2D eigenvalue weighted by Gasteiger charge is 2.29. The summed E-state index contributed by atoms with van der Waals surface area (Å²) in [6.45, 7) is 3.21. The summed E-state index contributed by atoms with van der Waals surface area (Å²) in [7, 11) is 0. The van der Waals surface area contributed by atoms with Crippen LogP contribution in [0.15, 0.2) is 16.6 Å².